The minimum Gasteiger partial charge on any atom is -0.364 e. The molecule has 0 fully saturated rings. The van der Waals surface area contributed by atoms with Crippen LogP contribution in [0.3, 0.4) is 0 Å². The van der Waals surface area contributed by atoms with Crippen molar-refractivity contribution in [2.24, 2.45) is 0 Å². The zero-order valence-electron chi connectivity index (χ0n) is 16.4. The van der Waals surface area contributed by atoms with Crippen LogP contribution in [0.4, 0.5) is 36.6 Å². The van der Waals surface area contributed by atoms with Gasteiger partial charge in [-0.2, -0.15) is 31.4 Å². The molecule has 0 saturated carbocycles. The molecule has 1 aromatic heterocycles. The fraction of sp³-hybridized carbons (Fsp3) is 0.136. The summed E-state index contributed by atoms with van der Waals surface area (Å²) in [5.74, 6) is -0.740. The Balaban J connectivity index is 1.72. The first-order valence-electron chi connectivity index (χ1n) is 9.39. The van der Waals surface area contributed by atoms with Gasteiger partial charge in [0.25, 0.3) is 0 Å². The number of hydrogen-bond acceptors (Lipinski definition) is 2. The van der Waals surface area contributed by atoms with Gasteiger partial charge in [0.1, 0.15) is 5.52 Å². The summed E-state index contributed by atoms with van der Waals surface area (Å²) in [6.45, 7) is -0.419. The van der Waals surface area contributed by atoms with Gasteiger partial charge in [0.2, 0.25) is 0 Å². The number of anilines is 1. The van der Waals surface area contributed by atoms with Gasteiger partial charge in [-0.15, -0.1) is 0 Å². The molecule has 3 aromatic carbocycles. The molecular formula is C22H13ClF7N3. The molecule has 11 heteroatoms. The number of rotatable bonds is 4. The molecule has 172 valence electrons. The van der Waals surface area contributed by atoms with Gasteiger partial charge in [0.15, 0.2) is 11.6 Å². The van der Waals surface area contributed by atoms with E-state index < -0.39 is 35.8 Å². The summed E-state index contributed by atoms with van der Waals surface area (Å²) in [7, 11) is 0. The molecule has 0 saturated heterocycles. The highest BCUT2D eigenvalue weighted by Crippen LogP contribution is 2.38. The molecule has 0 unspecified atom stereocenters. The molecule has 0 amide bonds. The van der Waals surface area contributed by atoms with Crippen LogP contribution >= 0.6 is 11.6 Å². The third-order valence-corrected chi connectivity index (χ3v) is 5.30. The van der Waals surface area contributed by atoms with Gasteiger partial charge in [-0.1, -0.05) is 41.9 Å². The lowest BCUT2D eigenvalue weighted by atomic mass is 10.0. The van der Waals surface area contributed by atoms with Crippen molar-refractivity contribution in [2.75, 3.05) is 5.32 Å². The number of alkyl halides is 6. The second-order valence-corrected chi connectivity index (χ2v) is 7.56. The van der Waals surface area contributed by atoms with Crippen molar-refractivity contribution >= 4 is 28.3 Å². The lowest BCUT2D eigenvalue weighted by Gasteiger charge is -2.14. The average molecular weight is 488 g/mol. The second-order valence-electron chi connectivity index (χ2n) is 7.18. The Morgan fingerprint density at radius 2 is 1.48 bits per heavy atom. The number of hydrogen-bond donors (Lipinski definition) is 2. The highest BCUT2D eigenvalue weighted by molar-refractivity contribution is 6.34. The van der Waals surface area contributed by atoms with Gasteiger partial charge < -0.3 is 5.32 Å². The van der Waals surface area contributed by atoms with Crippen LogP contribution in [0.25, 0.3) is 22.0 Å². The molecule has 4 rings (SSSR count). The maximum atomic E-state index is 14.8. The fourth-order valence-corrected chi connectivity index (χ4v) is 3.62. The molecule has 0 spiro atoms. The SMILES string of the molecule is Fc1c(Cl)c(-c2ccccc2)cc2c(NCc3cc(C(F)(F)F)cc(C(F)(F)F)c3)n[nH]c12. The first kappa shape index (κ1) is 22.9. The molecule has 0 atom stereocenters. The van der Waals surface area contributed by atoms with Crippen LogP contribution in [0.2, 0.25) is 5.02 Å². The highest BCUT2D eigenvalue weighted by atomic mass is 35.5. The molecule has 0 radical (unpaired) electrons. The topological polar surface area (TPSA) is 40.7 Å². The maximum absolute atomic E-state index is 14.8. The number of H-pyrrole nitrogens is 1. The average Bonchev–Trinajstić information content (AvgIpc) is 3.17. The molecule has 0 aliphatic rings. The van der Waals surface area contributed by atoms with Gasteiger partial charge >= 0.3 is 12.4 Å². The summed E-state index contributed by atoms with van der Waals surface area (Å²) in [5, 5.41) is 9.12. The van der Waals surface area contributed by atoms with Crippen LogP contribution in [0.15, 0.2) is 54.6 Å². The van der Waals surface area contributed by atoms with Crippen LogP contribution in [0.5, 0.6) is 0 Å². The van der Waals surface area contributed by atoms with Crippen molar-refractivity contribution < 1.29 is 30.7 Å². The van der Waals surface area contributed by atoms with Gasteiger partial charge in [-0.05, 0) is 35.4 Å². The zero-order chi connectivity index (χ0) is 24.0. The standard InChI is InChI=1S/C22H13ClF7N3/c23-17-15(12-4-2-1-3-5-12)9-16-19(18(17)24)32-33-20(16)31-10-11-6-13(21(25,26)27)8-14(7-11)22(28,29)30/h1-9H,10H2,(H2,31,32,33). The maximum Gasteiger partial charge on any atom is 0.416 e. The van der Waals surface area contributed by atoms with Crippen LogP contribution in [0, 0.1) is 5.82 Å². The molecule has 0 aliphatic carbocycles. The van der Waals surface area contributed by atoms with E-state index in [2.05, 4.69) is 15.5 Å². The van der Waals surface area contributed by atoms with Gasteiger partial charge in [0.05, 0.1) is 16.1 Å². The molecule has 2 N–H and O–H groups in total. The van der Waals surface area contributed by atoms with E-state index in [1.54, 1.807) is 30.3 Å². The van der Waals surface area contributed by atoms with Crippen molar-refractivity contribution in [3.05, 3.63) is 82.1 Å². The number of nitrogens with zero attached hydrogens (tertiary/aromatic N) is 1. The van der Waals surface area contributed by atoms with Crippen LogP contribution in [-0.4, -0.2) is 10.2 Å². The minimum absolute atomic E-state index is 0.0451. The predicted octanol–water partition coefficient (Wildman–Crippen LogP) is 7.67. The lowest BCUT2D eigenvalue weighted by Crippen LogP contribution is -2.13. The summed E-state index contributed by atoms with van der Waals surface area (Å²) in [6, 6.07) is 11.5. The normalized spacial score (nSPS) is 12.4. The van der Waals surface area contributed by atoms with Crippen molar-refractivity contribution in [3.8, 4) is 11.1 Å². The monoisotopic (exact) mass is 487 g/mol. The number of aromatic amines is 1. The molecule has 1 heterocycles. The zero-order valence-corrected chi connectivity index (χ0v) is 17.1. The van der Waals surface area contributed by atoms with Gasteiger partial charge in [-0.3, -0.25) is 5.10 Å². The van der Waals surface area contributed by atoms with Crippen LogP contribution in [0.1, 0.15) is 16.7 Å². The Labute approximate surface area is 187 Å². The van der Waals surface area contributed by atoms with E-state index in [1.165, 1.54) is 6.07 Å². The summed E-state index contributed by atoms with van der Waals surface area (Å²) < 4.78 is 93.3. The van der Waals surface area contributed by atoms with Crippen LogP contribution in [-0.2, 0) is 18.9 Å². The van der Waals surface area contributed by atoms with Gasteiger partial charge in [0, 0.05) is 17.5 Å². The van der Waals surface area contributed by atoms with Crippen molar-refractivity contribution in [1.82, 2.24) is 10.2 Å². The smallest absolute Gasteiger partial charge is 0.364 e. The van der Waals surface area contributed by atoms with E-state index in [4.69, 9.17) is 11.6 Å². The molecule has 0 bridgehead atoms. The van der Waals surface area contributed by atoms with Gasteiger partial charge in [-0.25, -0.2) is 4.39 Å². The van der Waals surface area contributed by atoms with E-state index in [0.29, 0.717) is 23.3 Å². The Morgan fingerprint density at radius 3 is 2.06 bits per heavy atom. The Kier molecular flexibility index (Phi) is 5.73. The lowest BCUT2D eigenvalue weighted by molar-refractivity contribution is -0.143. The van der Waals surface area contributed by atoms with Crippen molar-refractivity contribution in [1.29, 1.82) is 0 Å². The van der Waals surface area contributed by atoms with E-state index >= 15 is 0 Å². The number of benzene rings is 3. The minimum atomic E-state index is -4.96. The number of halogens is 8. The predicted molar refractivity (Wildman–Crippen MR) is 110 cm³/mol. The Bertz CT molecular complexity index is 1280. The quantitative estimate of drug-likeness (QED) is 0.290. The molecule has 4 aromatic rings. The summed E-state index contributed by atoms with van der Waals surface area (Å²) in [4.78, 5) is 0. The van der Waals surface area contributed by atoms with Crippen LogP contribution < -0.4 is 5.32 Å². The number of fused-ring (bicyclic) bond motifs is 1. The third kappa shape index (κ3) is 4.61. The summed E-state index contributed by atoms with van der Waals surface area (Å²) >= 11 is 6.15. The highest BCUT2D eigenvalue weighted by Gasteiger charge is 2.36. The van der Waals surface area contributed by atoms with E-state index in [-0.39, 0.29) is 33.4 Å². The second kappa shape index (κ2) is 8.26. The van der Waals surface area contributed by atoms with Crippen molar-refractivity contribution in [2.45, 2.75) is 18.9 Å². The third-order valence-electron chi connectivity index (χ3n) is 4.93. The molecule has 33 heavy (non-hydrogen) atoms. The van der Waals surface area contributed by atoms with E-state index in [9.17, 15) is 30.7 Å². The Hall–Kier alpha value is -3.27. The summed E-state index contributed by atoms with van der Waals surface area (Å²) in [6.07, 6.45) is -9.92. The number of nitrogens with one attached hydrogen (secondary N) is 2. The molecule has 3 nitrogen and oxygen atoms in total. The van der Waals surface area contributed by atoms with E-state index in [0.717, 1.165) is 0 Å². The fourth-order valence-electron chi connectivity index (χ4n) is 3.36. The van der Waals surface area contributed by atoms with Crippen molar-refractivity contribution in [3.63, 3.8) is 0 Å². The first-order chi connectivity index (χ1) is 15.4. The van der Waals surface area contributed by atoms with E-state index in [1.807, 2.05) is 0 Å². The number of aromatic nitrogens is 2. The summed E-state index contributed by atoms with van der Waals surface area (Å²) in [5.41, 5.74) is -2.21. The Morgan fingerprint density at radius 1 is 0.879 bits per heavy atom. The largest absolute Gasteiger partial charge is 0.416 e. The molecule has 0 aliphatic heterocycles. The first-order valence-corrected chi connectivity index (χ1v) is 9.76. The molecular weight excluding hydrogens is 475 g/mol.